The first kappa shape index (κ1) is 14.2. The van der Waals surface area contributed by atoms with E-state index in [0.29, 0.717) is 11.1 Å². The van der Waals surface area contributed by atoms with Gasteiger partial charge < -0.3 is 0 Å². The van der Waals surface area contributed by atoms with Gasteiger partial charge in [-0.25, -0.2) is 0 Å². The molecule has 0 saturated carbocycles. The molecule has 0 fully saturated rings. The highest BCUT2D eigenvalue weighted by atomic mass is 35.5. The highest BCUT2D eigenvalue weighted by Crippen LogP contribution is 2.36. The van der Waals surface area contributed by atoms with E-state index < -0.39 is 0 Å². The third kappa shape index (κ3) is 2.68. The largest absolute Gasteiger partial charge is 0.288 e. The number of fused-ring (bicyclic) bond motifs is 1. The minimum atomic E-state index is 0.314. The van der Waals surface area contributed by atoms with Crippen molar-refractivity contribution in [1.82, 2.24) is 4.90 Å². The van der Waals surface area contributed by atoms with Crippen molar-refractivity contribution in [1.29, 1.82) is 0 Å². The summed E-state index contributed by atoms with van der Waals surface area (Å²) in [6.07, 6.45) is 0. The molecule has 1 nitrogen and oxygen atoms in total. The molecule has 0 saturated heterocycles. The van der Waals surface area contributed by atoms with Gasteiger partial charge in [-0.2, -0.15) is 0 Å². The van der Waals surface area contributed by atoms with Crippen LogP contribution in [0.5, 0.6) is 0 Å². The predicted octanol–water partition coefficient (Wildman–Crippen LogP) is 5.72. The van der Waals surface area contributed by atoms with Crippen LogP contribution in [0.3, 0.4) is 0 Å². The van der Waals surface area contributed by atoms with Crippen molar-refractivity contribution >= 4 is 34.8 Å². The highest BCUT2D eigenvalue weighted by Gasteiger charge is 2.26. The summed E-state index contributed by atoms with van der Waals surface area (Å²) >= 11 is 18.3. The first-order chi connectivity index (χ1) is 9.54. The molecular formula is C16H14Cl3N. The summed E-state index contributed by atoms with van der Waals surface area (Å²) < 4.78 is 0. The van der Waals surface area contributed by atoms with E-state index in [0.717, 1.165) is 23.1 Å². The minimum absolute atomic E-state index is 0.314. The van der Waals surface area contributed by atoms with Gasteiger partial charge in [0.2, 0.25) is 0 Å². The normalized spacial score (nSPS) is 16.2. The maximum absolute atomic E-state index is 6.28. The summed E-state index contributed by atoms with van der Waals surface area (Å²) in [6.45, 7) is 3.93. The summed E-state index contributed by atoms with van der Waals surface area (Å²) in [5, 5.41) is 2.23. The molecule has 20 heavy (non-hydrogen) atoms. The molecule has 0 unspecified atom stereocenters. The lowest BCUT2D eigenvalue weighted by molar-refractivity contribution is 0.215. The summed E-state index contributed by atoms with van der Waals surface area (Å²) in [7, 11) is 0. The first-order valence-electron chi connectivity index (χ1n) is 6.51. The van der Waals surface area contributed by atoms with Crippen LogP contribution in [0.25, 0.3) is 0 Å². The molecule has 104 valence electrons. The molecule has 1 aliphatic heterocycles. The van der Waals surface area contributed by atoms with Crippen molar-refractivity contribution in [3.63, 3.8) is 0 Å². The molecule has 0 N–H and O–H groups in total. The lowest BCUT2D eigenvalue weighted by atomic mass is 10.1. The molecule has 0 bridgehead atoms. The summed E-state index contributed by atoms with van der Waals surface area (Å²) in [4.78, 5) is 2.39. The fourth-order valence-corrected chi connectivity index (χ4v) is 3.40. The van der Waals surface area contributed by atoms with E-state index in [1.54, 1.807) is 0 Å². The molecule has 0 aliphatic carbocycles. The molecule has 2 aromatic carbocycles. The molecule has 0 radical (unpaired) electrons. The van der Waals surface area contributed by atoms with Crippen LogP contribution in [-0.4, -0.2) is 4.90 Å². The number of rotatable bonds is 2. The van der Waals surface area contributed by atoms with Gasteiger partial charge in [-0.3, -0.25) is 4.90 Å². The molecule has 4 heteroatoms. The molecule has 1 atom stereocenters. The zero-order chi connectivity index (χ0) is 14.3. The minimum Gasteiger partial charge on any atom is -0.288 e. The smallest absolute Gasteiger partial charge is 0.0469 e. The Balaban J connectivity index is 1.84. The van der Waals surface area contributed by atoms with Crippen molar-refractivity contribution in [3.8, 4) is 0 Å². The molecular weight excluding hydrogens is 313 g/mol. The quantitative estimate of drug-likeness (QED) is 0.682. The van der Waals surface area contributed by atoms with E-state index >= 15 is 0 Å². The Morgan fingerprint density at radius 1 is 0.950 bits per heavy atom. The molecule has 1 aliphatic rings. The van der Waals surface area contributed by atoms with Gasteiger partial charge >= 0.3 is 0 Å². The van der Waals surface area contributed by atoms with E-state index in [4.69, 9.17) is 34.8 Å². The fourth-order valence-electron chi connectivity index (χ4n) is 2.68. The maximum atomic E-state index is 6.28. The summed E-state index contributed by atoms with van der Waals surface area (Å²) in [5.74, 6) is 0. The van der Waals surface area contributed by atoms with E-state index in [1.807, 2.05) is 24.3 Å². The Morgan fingerprint density at radius 2 is 1.65 bits per heavy atom. The van der Waals surface area contributed by atoms with Crippen LogP contribution in [0.2, 0.25) is 15.1 Å². The second kappa shape index (κ2) is 5.57. The third-order valence-corrected chi connectivity index (χ3v) is 4.69. The topological polar surface area (TPSA) is 3.24 Å². The van der Waals surface area contributed by atoms with Crippen molar-refractivity contribution < 1.29 is 0 Å². The Bertz CT molecular complexity index is 637. The van der Waals surface area contributed by atoms with E-state index in [9.17, 15) is 0 Å². The van der Waals surface area contributed by atoms with E-state index in [1.165, 1.54) is 16.7 Å². The van der Waals surface area contributed by atoms with Gasteiger partial charge in [0, 0.05) is 34.2 Å². The second-order valence-electron chi connectivity index (χ2n) is 5.16. The van der Waals surface area contributed by atoms with Gasteiger partial charge in [-0.1, -0.05) is 46.9 Å². The second-order valence-corrected chi connectivity index (χ2v) is 6.44. The highest BCUT2D eigenvalue weighted by molar-refractivity contribution is 6.35. The van der Waals surface area contributed by atoms with Crippen LogP contribution in [-0.2, 0) is 13.1 Å². The predicted molar refractivity (Wildman–Crippen MR) is 85.6 cm³/mol. The Labute approximate surface area is 134 Å². The standard InChI is InChI=1S/C16H14Cl3N/c1-10(11-2-4-13(17)5-3-11)20-8-12-6-14(18)7-16(19)15(12)9-20/h2-7,10H,8-9H2,1H3/t10-/m0/s1. The lowest BCUT2D eigenvalue weighted by Gasteiger charge is -2.24. The molecule has 1 heterocycles. The van der Waals surface area contributed by atoms with Crippen molar-refractivity contribution in [2.45, 2.75) is 26.1 Å². The van der Waals surface area contributed by atoms with Crippen LogP contribution >= 0.6 is 34.8 Å². The zero-order valence-corrected chi connectivity index (χ0v) is 13.3. The van der Waals surface area contributed by atoms with Gasteiger partial charge in [0.25, 0.3) is 0 Å². The van der Waals surface area contributed by atoms with Crippen LogP contribution in [0, 0.1) is 0 Å². The molecule has 0 aromatic heterocycles. The SMILES string of the molecule is C[C@@H](c1ccc(Cl)cc1)N1Cc2cc(Cl)cc(Cl)c2C1. The van der Waals surface area contributed by atoms with Crippen LogP contribution in [0.4, 0.5) is 0 Å². The van der Waals surface area contributed by atoms with Gasteiger partial charge in [0.1, 0.15) is 0 Å². The van der Waals surface area contributed by atoms with Crippen molar-refractivity contribution in [2.24, 2.45) is 0 Å². The Morgan fingerprint density at radius 3 is 2.35 bits per heavy atom. The molecule has 2 aromatic rings. The zero-order valence-electron chi connectivity index (χ0n) is 11.0. The van der Waals surface area contributed by atoms with E-state index in [-0.39, 0.29) is 0 Å². The molecule has 3 rings (SSSR count). The lowest BCUT2D eigenvalue weighted by Crippen LogP contribution is -2.20. The number of halogens is 3. The molecule has 0 amide bonds. The van der Waals surface area contributed by atoms with Crippen molar-refractivity contribution in [2.75, 3.05) is 0 Å². The van der Waals surface area contributed by atoms with Gasteiger partial charge in [-0.15, -0.1) is 0 Å². The number of benzene rings is 2. The van der Waals surface area contributed by atoms with Crippen molar-refractivity contribution in [3.05, 3.63) is 68.2 Å². The van der Waals surface area contributed by atoms with Gasteiger partial charge in [0.05, 0.1) is 0 Å². The monoisotopic (exact) mass is 325 g/mol. The molecule has 0 spiro atoms. The number of nitrogens with zero attached hydrogens (tertiary/aromatic N) is 1. The number of hydrogen-bond donors (Lipinski definition) is 0. The average Bonchev–Trinajstić information content (AvgIpc) is 2.83. The van der Waals surface area contributed by atoms with E-state index in [2.05, 4.69) is 24.0 Å². The summed E-state index contributed by atoms with van der Waals surface area (Å²) in [5.41, 5.74) is 3.67. The third-order valence-electron chi connectivity index (χ3n) is 3.89. The van der Waals surface area contributed by atoms with Crippen LogP contribution < -0.4 is 0 Å². The fraction of sp³-hybridized carbons (Fsp3) is 0.250. The van der Waals surface area contributed by atoms with Gasteiger partial charge in [0.15, 0.2) is 0 Å². The Hall–Kier alpha value is -0.730. The van der Waals surface area contributed by atoms with Crippen LogP contribution in [0.1, 0.15) is 29.7 Å². The first-order valence-corrected chi connectivity index (χ1v) is 7.64. The van der Waals surface area contributed by atoms with Gasteiger partial charge in [-0.05, 0) is 47.9 Å². The summed E-state index contributed by atoms with van der Waals surface area (Å²) in [6, 6.07) is 12.2. The van der Waals surface area contributed by atoms with Crippen LogP contribution in [0.15, 0.2) is 36.4 Å². The Kier molecular flexibility index (Phi) is 3.96. The average molecular weight is 327 g/mol. The maximum Gasteiger partial charge on any atom is 0.0469 e. The number of hydrogen-bond acceptors (Lipinski definition) is 1.